The first kappa shape index (κ1) is 17.0. The van der Waals surface area contributed by atoms with E-state index in [9.17, 15) is 4.79 Å². The second-order valence-electron chi connectivity index (χ2n) is 5.69. The Bertz CT molecular complexity index is 681. The Morgan fingerprint density at radius 2 is 2.12 bits per heavy atom. The van der Waals surface area contributed by atoms with Crippen LogP contribution in [-0.2, 0) is 4.74 Å². The van der Waals surface area contributed by atoms with Crippen molar-refractivity contribution in [3.05, 3.63) is 52.7 Å². The fraction of sp³-hybridized carbons (Fsp3) is 0.412. The van der Waals surface area contributed by atoms with Crippen LogP contribution in [0.25, 0.3) is 0 Å². The molecule has 0 bridgehead atoms. The van der Waals surface area contributed by atoms with Gasteiger partial charge in [0.05, 0.1) is 24.8 Å². The zero-order chi connectivity index (χ0) is 16.9. The molecule has 0 saturated carbocycles. The molecule has 1 fully saturated rings. The van der Waals surface area contributed by atoms with E-state index in [0.29, 0.717) is 30.5 Å². The third kappa shape index (κ3) is 4.14. The summed E-state index contributed by atoms with van der Waals surface area (Å²) in [5, 5.41) is 3.32. The van der Waals surface area contributed by atoms with E-state index in [0.717, 1.165) is 24.6 Å². The number of carbonyl (C=O) groups is 1. The number of amides is 1. The van der Waals surface area contributed by atoms with Gasteiger partial charge in [0.15, 0.2) is 0 Å². The number of halogens is 1. The van der Waals surface area contributed by atoms with Gasteiger partial charge in [-0.15, -0.1) is 0 Å². The average molecular weight is 350 g/mol. The lowest BCUT2D eigenvalue weighted by molar-refractivity contribution is 0.0117. The third-order valence-corrected chi connectivity index (χ3v) is 4.25. The van der Waals surface area contributed by atoms with Gasteiger partial charge in [0, 0.05) is 25.8 Å². The Morgan fingerprint density at radius 1 is 1.33 bits per heavy atom. The second-order valence-corrected chi connectivity index (χ2v) is 6.08. The largest absolute Gasteiger partial charge is 0.465 e. The van der Waals surface area contributed by atoms with Gasteiger partial charge in [-0.05, 0) is 31.2 Å². The van der Waals surface area contributed by atoms with E-state index in [4.69, 9.17) is 20.8 Å². The van der Waals surface area contributed by atoms with Gasteiger partial charge in [0.2, 0.25) is 0 Å². The van der Waals surface area contributed by atoms with Crippen LogP contribution in [0.1, 0.15) is 27.9 Å². The van der Waals surface area contributed by atoms with Gasteiger partial charge in [-0.25, -0.2) is 4.98 Å². The van der Waals surface area contributed by atoms with Crippen molar-refractivity contribution in [1.82, 2.24) is 15.2 Å². The summed E-state index contributed by atoms with van der Waals surface area (Å²) in [7, 11) is 0. The number of morpholine rings is 1. The SMILES string of the molecule is Cc1ccc(C(CNC(=O)c2ccc(Cl)nc2)N2CCOCC2)o1. The van der Waals surface area contributed by atoms with E-state index in [2.05, 4.69) is 15.2 Å². The van der Waals surface area contributed by atoms with Gasteiger partial charge in [-0.3, -0.25) is 9.69 Å². The van der Waals surface area contributed by atoms with Crippen molar-refractivity contribution in [3.63, 3.8) is 0 Å². The molecule has 1 saturated heterocycles. The van der Waals surface area contributed by atoms with Crippen molar-refractivity contribution in [3.8, 4) is 0 Å². The molecule has 1 N–H and O–H groups in total. The van der Waals surface area contributed by atoms with Crippen molar-refractivity contribution in [2.24, 2.45) is 0 Å². The van der Waals surface area contributed by atoms with E-state index in [-0.39, 0.29) is 11.9 Å². The molecule has 0 spiro atoms. The van der Waals surface area contributed by atoms with Crippen LogP contribution in [0.15, 0.2) is 34.9 Å². The maximum absolute atomic E-state index is 12.3. The summed E-state index contributed by atoms with van der Waals surface area (Å²) in [5.41, 5.74) is 0.482. The lowest BCUT2D eigenvalue weighted by Crippen LogP contribution is -2.43. The van der Waals surface area contributed by atoms with E-state index in [1.54, 1.807) is 12.1 Å². The molecule has 24 heavy (non-hydrogen) atoms. The van der Waals surface area contributed by atoms with Crippen molar-refractivity contribution in [2.45, 2.75) is 13.0 Å². The highest BCUT2D eigenvalue weighted by Gasteiger charge is 2.25. The van der Waals surface area contributed by atoms with Crippen molar-refractivity contribution in [2.75, 3.05) is 32.8 Å². The molecule has 3 rings (SSSR count). The second kappa shape index (κ2) is 7.79. The molecule has 128 valence electrons. The number of carbonyl (C=O) groups excluding carboxylic acids is 1. The standard InChI is InChI=1S/C17H20ClN3O3/c1-12-2-4-15(24-12)14(21-6-8-23-9-7-21)11-20-17(22)13-3-5-16(18)19-10-13/h2-5,10,14H,6-9,11H2,1H3,(H,20,22). The molecule has 2 aromatic heterocycles. The van der Waals surface area contributed by atoms with Crippen LogP contribution in [0.3, 0.4) is 0 Å². The van der Waals surface area contributed by atoms with Crippen LogP contribution in [0.2, 0.25) is 5.15 Å². The maximum atomic E-state index is 12.3. The average Bonchev–Trinajstić information content (AvgIpc) is 3.02. The highest BCUT2D eigenvalue weighted by atomic mass is 35.5. The van der Waals surface area contributed by atoms with Crippen molar-refractivity contribution < 1.29 is 13.9 Å². The molecule has 0 aliphatic carbocycles. The Labute approximate surface area is 145 Å². The highest BCUT2D eigenvalue weighted by Crippen LogP contribution is 2.23. The van der Waals surface area contributed by atoms with E-state index in [1.807, 2.05) is 19.1 Å². The Morgan fingerprint density at radius 3 is 2.75 bits per heavy atom. The van der Waals surface area contributed by atoms with E-state index < -0.39 is 0 Å². The molecule has 1 amide bonds. The minimum Gasteiger partial charge on any atom is -0.465 e. The molecule has 6 nitrogen and oxygen atoms in total. The fourth-order valence-electron chi connectivity index (χ4n) is 2.73. The lowest BCUT2D eigenvalue weighted by atomic mass is 10.1. The molecule has 2 aromatic rings. The van der Waals surface area contributed by atoms with Crippen molar-refractivity contribution in [1.29, 1.82) is 0 Å². The molecule has 1 unspecified atom stereocenters. The summed E-state index contributed by atoms with van der Waals surface area (Å²) in [6.45, 7) is 5.36. The first-order valence-corrected chi connectivity index (χ1v) is 8.29. The number of nitrogens with one attached hydrogen (secondary N) is 1. The van der Waals surface area contributed by atoms with Crippen LogP contribution in [0.5, 0.6) is 0 Å². The number of nitrogens with zero attached hydrogens (tertiary/aromatic N) is 2. The van der Waals surface area contributed by atoms with Crippen LogP contribution in [0.4, 0.5) is 0 Å². The number of aryl methyl sites for hydroxylation is 1. The predicted molar refractivity (Wildman–Crippen MR) is 90.2 cm³/mol. The van der Waals surface area contributed by atoms with Crippen LogP contribution < -0.4 is 5.32 Å². The first-order chi connectivity index (χ1) is 11.6. The van der Waals surface area contributed by atoms with Gasteiger partial charge >= 0.3 is 0 Å². The number of furan rings is 1. The number of pyridine rings is 1. The number of ether oxygens (including phenoxy) is 1. The molecule has 1 aliphatic heterocycles. The Balaban J connectivity index is 1.69. The highest BCUT2D eigenvalue weighted by molar-refractivity contribution is 6.29. The zero-order valence-corrected chi connectivity index (χ0v) is 14.3. The number of hydrogen-bond donors (Lipinski definition) is 1. The molecule has 7 heteroatoms. The van der Waals surface area contributed by atoms with Gasteiger partial charge in [0.25, 0.3) is 5.91 Å². The van der Waals surface area contributed by atoms with Crippen LogP contribution >= 0.6 is 11.6 Å². The monoisotopic (exact) mass is 349 g/mol. The van der Waals surface area contributed by atoms with Gasteiger partial charge in [-0.2, -0.15) is 0 Å². The summed E-state index contributed by atoms with van der Waals surface area (Å²) in [5.74, 6) is 1.53. The number of aromatic nitrogens is 1. The number of rotatable bonds is 5. The number of hydrogen-bond acceptors (Lipinski definition) is 5. The summed E-state index contributed by atoms with van der Waals surface area (Å²) >= 11 is 5.75. The van der Waals surface area contributed by atoms with Crippen LogP contribution in [-0.4, -0.2) is 48.6 Å². The maximum Gasteiger partial charge on any atom is 0.252 e. The van der Waals surface area contributed by atoms with Gasteiger partial charge in [0.1, 0.15) is 16.7 Å². The smallest absolute Gasteiger partial charge is 0.252 e. The third-order valence-electron chi connectivity index (χ3n) is 4.02. The summed E-state index contributed by atoms with van der Waals surface area (Å²) < 4.78 is 11.2. The summed E-state index contributed by atoms with van der Waals surface area (Å²) in [6.07, 6.45) is 1.47. The first-order valence-electron chi connectivity index (χ1n) is 7.91. The molecule has 1 aliphatic rings. The quantitative estimate of drug-likeness (QED) is 0.840. The van der Waals surface area contributed by atoms with Gasteiger partial charge in [-0.1, -0.05) is 11.6 Å². The predicted octanol–water partition coefficient (Wildman–Crippen LogP) is 2.44. The van der Waals surface area contributed by atoms with Gasteiger partial charge < -0.3 is 14.5 Å². The van der Waals surface area contributed by atoms with Crippen molar-refractivity contribution >= 4 is 17.5 Å². The normalized spacial score (nSPS) is 16.8. The Hall–Kier alpha value is -1.89. The Kier molecular flexibility index (Phi) is 5.50. The van der Waals surface area contributed by atoms with E-state index >= 15 is 0 Å². The lowest BCUT2D eigenvalue weighted by Gasteiger charge is -2.33. The van der Waals surface area contributed by atoms with Crippen LogP contribution in [0, 0.1) is 6.92 Å². The summed E-state index contributed by atoms with van der Waals surface area (Å²) in [6, 6.07) is 7.14. The zero-order valence-electron chi connectivity index (χ0n) is 13.5. The van der Waals surface area contributed by atoms with E-state index in [1.165, 1.54) is 6.20 Å². The minimum absolute atomic E-state index is 0.0215. The summed E-state index contributed by atoms with van der Waals surface area (Å²) in [4.78, 5) is 18.5. The molecular formula is C17H20ClN3O3. The molecule has 0 radical (unpaired) electrons. The molecule has 0 aromatic carbocycles. The topological polar surface area (TPSA) is 67.6 Å². The fourth-order valence-corrected chi connectivity index (χ4v) is 2.84. The molecule has 3 heterocycles. The molecular weight excluding hydrogens is 330 g/mol. The minimum atomic E-state index is -0.180. The molecule has 1 atom stereocenters.